The van der Waals surface area contributed by atoms with Crippen LogP contribution in [0.1, 0.15) is 24.8 Å². The van der Waals surface area contributed by atoms with Crippen LogP contribution in [0.3, 0.4) is 0 Å². The van der Waals surface area contributed by atoms with Crippen LogP contribution in [0.2, 0.25) is 0 Å². The number of amides is 2. The van der Waals surface area contributed by atoms with Gasteiger partial charge in [0.25, 0.3) is 0 Å². The van der Waals surface area contributed by atoms with Gasteiger partial charge in [-0.1, -0.05) is 6.07 Å². The van der Waals surface area contributed by atoms with E-state index in [1.807, 2.05) is 18.2 Å². The van der Waals surface area contributed by atoms with Crippen molar-refractivity contribution >= 4 is 27.7 Å². The van der Waals surface area contributed by atoms with Gasteiger partial charge in [-0.3, -0.25) is 9.59 Å². The van der Waals surface area contributed by atoms with Crippen LogP contribution in [0.5, 0.6) is 5.75 Å². The SMILES string of the molecule is COc1ccc(CCNC(=O)CN2CCCC[C@H](N)C2=O)cc1Br. The molecular formula is C17H24BrN3O3. The molecule has 1 aliphatic rings. The fourth-order valence-corrected chi connectivity index (χ4v) is 3.32. The lowest BCUT2D eigenvalue weighted by molar-refractivity contribution is -0.136. The second-order valence-corrected chi connectivity index (χ2v) is 6.79. The predicted octanol–water partition coefficient (Wildman–Crippen LogP) is 1.46. The van der Waals surface area contributed by atoms with Gasteiger partial charge >= 0.3 is 0 Å². The van der Waals surface area contributed by atoms with Gasteiger partial charge in [0.05, 0.1) is 24.2 Å². The van der Waals surface area contributed by atoms with Crippen molar-refractivity contribution in [3.63, 3.8) is 0 Å². The summed E-state index contributed by atoms with van der Waals surface area (Å²) in [6, 6.07) is 5.35. The van der Waals surface area contributed by atoms with E-state index in [9.17, 15) is 9.59 Å². The summed E-state index contributed by atoms with van der Waals surface area (Å²) in [6.07, 6.45) is 3.23. The molecule has 1 aromatic carbocycles. The maximum Gasteiger partial charge on any atom is 0.239 e. The van der Waals surface area contributed by atoms with E-state index in [0.717, 1.165) is 28.6 Å². The first-order valence-electron chi connectivity index (χ1n) is 8.14. The smallest absolute Gasteiger partial charge is 0.239 e. The van der Waals surface area contributed by atoms with E-state index in [0.29, 0.717) is 25.9 Å². The van der Waals surface area contributed by atoms with Gasteiger partial charge in [0.15, 0.2) is 0 Å². The molecule has 0 spiro atoms. The number of hydrogen-bond donors (Lipinski definition) is 2. The molecule has 7 heteroatoms. The average molecular weight is 398 g/mol. The Kier molecular flexibility index (Phi) is 7.05. The highest BCUT2D eigenvalue weighted by Gasteiger charge is 2.25. The van der Waals surface area contributed by atoms with Crippen LogP contribution in [0.4, 0.5) is 0 Å². The highest BCUT2D eigenvalue weighted by molar-refractivity contribution is 9.10. The third-order valence-corrected chi connectivity index (χ3v) is 4.73. The Labute approximate surface area is 150 Å². The molecule has 1 aliphatic heterocycles. The monoisotopic (exact) mass is 397 g/mol. The summed E-state index contributed by atoms with van der Waals surface area (Å²) in [5.41, 5.74) is 6.91. The third kappa shape index (κ3) is 5.21. The Balaban J connectivity index is 1.78. The van der Waals surface area contributed by atoms with E-state index >= 15 is 0 Å². The quantitative estimate of drug-likeness (QED) is 0.760. The van der Waals surface area contributed by atoms with Gasteiger partial charge in [0.2, 0.25) is 11.8 Å². The summed E-state index contributed by atoms with van der Waals surface area (Å²) in [7, 11) is 1.62. The Hall–Kier alpha value is -1.60. The molecule has 0 radical (unpaired) electrons. The van der Waals surface area contributed by atoms with Crippen molar-refractivity contribution in [1.29, 1.82) is 0 Å². The normalized spacial score (nSPS) is 18.2. The summed E-state index contributed by atoms with van der Waals surface area (Å²) >= 11 is 3.45. The van der Waals surface area contributed by atoms with E-state index in [1.54, 1.807) is 12.0 Å². The second-order valence-electron chi connectivity index (χ2n) is 5.93. The molecule has 1 atom stereocenters. The Morgan fingerprint density at radius 2 is 2.25 bits per heavy atom. The van der Waals surface area contributed by atoms with Gasteiger partial charge in [-0.05, 0) is 59.3 Å². The van der Waals surface area contributed by atoms with Gasteiger partial charge < -0.3 is 20.7 Å². The van der Waals surface area contributed by atoms with E-state index in [1.165, 1.54) is 0 Å². The number of likely N-dealkylation sites (tertiary alicyclic amines) is 1. The summed E-state index contributed by atoms with van der Waals surface area (Å²) in [6.45, 7) is 1.20. The van der Waals surface area contributed by atoms with Crippen molar-refractivity contribution < 1.29 is 14.3 Å². The molecule has 2 rings (SSSR count). The summed E-state index contributed by atoms with van der Waals surface area (Å²) < 4.78 is 6.08. The van der Waals surface area contributed by atoms with Crippen LogP contribution in [0, 0.1) is 0 Å². The van der Waals surface area contributed by atoms with E-state index in [-0.39, 0.29) is 18.4 Å². The topological polar surface area (TPSA) is 84.7 Å². The minimum atomic E-state index is -0.475. The molecule has 2 amide bonds. The first-order valence-corrected chi connectivity index (χ1v) is 8.94. The van der Waals surface area contributed by atoms with Crippen LogP contribution in [-0.2, 0) is 16.0 Å². The molecule has 0 aliphatic carbocycles. The predicted molar refractivity (Wildman–Crippen MR) is 95.8 cm³/mol. The number of nitrogens with zero attached hydrogens (tertiary/aromatic N) is 1. The molecule has 0 saturated carbocycles. The van der Waals surface area contributed by atoms with Crippen LogP contribution in [0.25, 0.3) is 0 Å². The van der Waals surface area contributed by atoms with E-state index in [2.05, 4.69) is 21.2 Å². The zero-order valence-electron chi connectivity index (χ0n) is 13.9. The zero-order chi connectivity index (χ0) is 17.5. The first kappa shape index (κ1) is 18.7. The van der Waals surface area contributed by atoms with Crippen molar-refractivity contribution in [2.75, 3.05) is 26.7 Å². The molecule has 0 aromatic heterocycles. The highest BCUT2D eigenvalue weighted by Crippen LogP contribution is 2.25. The molecule has 1 heterocycles. The van der Waals surface area contributed by atoms with Crippen molar-refractivity contribution in [3.05, 3.63) is 28.2 Å². The number of rotatable bonds is 6. The molecule has 1 fully saturated rings. The maximum atomic E-state index is 12.1. The minimum absolute atomic E-state index is 0.0822. The van der Waals surface area contributed by atoms with E-state index in [4.69, 9.17) is 10.5 Å². The number of ether oxygens (including phenoxy) is 1. The van der Waals surface area contributed by atoms with Crippen molar-refractivity contribution in [3.8, 4) is 5.75 Å². The van der Waals surface area contributed by atoms with Crippen molar-refractivity contribution in [1.82, 2.24) is 10.2 Å². The number of hydrogen-bond acceptors (Lipinski definition) is 4. The second kappa shape index (κ2) is 9.03. The van der Waals surface area contributed by atoms with Gasteiger partial charge in [-0.15, -0.1) is 0 Å². The summed E-state index contributed by atoms with van der Waals surface area (Å²) in [5, 5.41) is 2.86. The fraction of sp³-hybridized carbons (Fsp3) is 0.529. The molecule has 0 bridgehead atoms. The number of benzene rings is 1. The number of carbonyl (C=O) groups is 2. The summed E-state index contributed by atoms with van der Waals surface area (Å²) in [5.74, 6) is 0.505. The van der Waals surface area contributed by atoms with E-state index < -0.39 is 6.04 Å². The van der Waals surface area contributed by atoms with Crippen molar-refractivity contribution in [2.45, 2.75) is 31.7 Å². The van der Waals surface area contributed by atoms with Gasteiger partial charge in [0, 0.05) is 13.1 Å². The Morgan fingerprint density at radius 3 is 2.96 bits per heavy atom. The Morgan fingerprint density at radius 1 is 1.46 bits per heavy atom. The number of halogens is 1. The van der Waals surface area contributed by atoms with Crippen molar-refractivity contribution in [2.24, 2.45) is 5.73 Å². The first-order chi connectivity index (χ1) is 11.5. The third-order valence-electron chi connectivity index (χ3n) is 4.11. The minimum Gasteiger partial charge on any atom is -0.496 e. The van der Waals surface area contributed by atoms with Gasteiger partial charge in [-0.2, -0.15) is 0 Å². The molecule has 6 nitrogen and oxygen atoms in total. The molecule has 1 aromatic rings. The lowest BCUT2D eigenvalue weighted by Gasteiger charge is -2.22. The molecule has 132 valence electrons. The molecule has 1 saturated heterocycles. The number of methoxy groups -OCH3 is 1. The Bertz CT molecular complexity index is 594. The average Bonchev–Trinajstić information content (AvgIpc) is 2.71. The largest absolute Gasteiger partial charge is 0.496 e. The van der Waals surface area contributed by atoms with Gasteiger partial charge in [0.1, 0.15) is 5.75 Å². The van der Waals surface area contributed by atoms with Gasteiger partial charge in [-0.25, -0.2) is 0 Å². The zero-order valence-corrected chi connectivity index (χ0v) is 15.5. The lowest BCUT2D eigenvalue weighted by Crippen LogP contribution is -2.47. The maximum absolute atomic E-state index is 12.1. The molecule has 24 heavy (non-hydrogen) atoms. The number of nitrogens with one attached hydrogen (secondary N) is 1. The standard InChI is InChI=1S/C17H24BrN3O3/c1-24-15-6-5-12(10-13(15)18)7-8-20-16(22)11-21-9-3-2-4-14(19)17(21)23/h5-6,10,14H,2-4,7-9,11,19H2,1H3,(H,20,22)/t14-/m0/s1. The molecule has 0 unspecified atom stereocenters. The number of carbonyl (C=O) groups excluding carboxylic acids is 2. The summed E-state index contributed by atoms with van der Waals surface area (Å²) in [4.78, 5) is 25.7. The van der Waals surface area contributed by atoms with Crippen LogP contribution >= 0.6 is 15.9 Å². The molecule has 3 N–H and O–H groups in total. The van der Waals surface area contributed by atoms with Crippen LogP contribution in [-0.4, -0.2) is 49.5 Å². The van der Waals surface area contributed by atoms with Crippen LogP contribution < -0.4 is 15.8 Å². The molecular weight excluding hydrogens is 374 g/mol. The number of nitrogens with two attached hydrogens (primary N) is 1. The highest BCUT2D eigenvalue weighted by atomic mass is 79.9. The lowest BCUT2D eigenvalue weighted by atomic mass is 10.1. The van der Waals surface area contributed by atoms with Crippen LogP contribution in [0.15, 0.2) is 22.7 Å². The fourth-order valence-electron chi connectivity index (χ4n) is 2.73.